The van der Waals surface area contributed by atoms with Crippen molar-refractivity contribution in [2.75, 3.05) is 25.8 Å². The van der Waals surface area contributed by atoms with E-state index >= 15 is 0 Å². The molecular weight excluding hydrogens is 400 g/mol. The molecule has 1 heterocycles. The summed E-state index contributed by atoms with van der Waals surface area (Å²) >= 11 is 5.90. The summed E-state index contributed by atoms with van der Waals surface area (Å²) in [6.07, 6.45) is 1.34. The lowest BCUT2D eigenvalue weighted by atomic mass is 10.1. The fraction of sp³-hybridized carbons (Fsp3) is 0.150. The zero-order valence-electron chi connectivity index (χ0n) is 15.2. The number of methoxy groups -OCH3 is 1. The van der Waals surface area contributed by atoms with Gasteiger partial charge in [-0.25, -0.2) is 4.79 Å². The highest BCUT2D eigenvalue weighted by atomic mass is 35.5. The third kappa shape index (κ3) is 4.97. The van der Waals surface area contributed by atoms with Crippen molar-refractivity contribution in [1.29, 1.82) is 5.26 Å². The lowest BCUT2D eigenvalue weighted by Gasteiger charge is -2.10. The number of nitriles is 1. The zero-order valence-corrected chi connectivity index (χ0v) is 16.0. The largest absolute Gasteiger partial charge is 0.495 e. The van der Waals surface area contributed by atoms with Gasteiger partial charge in [0.1, 0.15) is 17.4 Å². The van der Waals surface area contributed by atoms with E-state index in [9.17, 15) is 14.9 Å². The second kappa shape index (κ2) is 8.99. The summed E-state index contributed by atoms with van der Waals surface area (Å²) in [5.41, 5.74) is 0.616. The lowest BCUT2D eigenvalue weighted by molar-refractivity contribution is -0.142. The minimum Gasteiger partial charge on any atom is -0.495 e. The van der Waals surface area contributed by atoms with Crippen LogP contribution < -0.4 is 19.5 Å². The van der Waals surface area contributed by atoms with Crippen molar-refractivity contribution in [1.82, 2.24) is 0 Å². The normalized spacial score (nSPS) is 12.1. The molecule has 0 aromatic heterocycles. The van der Waals surface area contributed by atoms with Crippen LogP contribution in [0.2, 0.25) is 5.02 Å². The van der Waals surface area contributed by atoms with Gasteiger partial charge in [0.15, 0.2) is 18.1 Å². The molecule has 0 bridgehead atoms. The summed E-state index contributed by atoms with van der Waals surface area (Å²) in [6.45, 7) is -0.475. The fourth-order valence-corrected chi connectivity index (χ4v) is 2.65. The monoisotopic (exact) mass is 414 g/mol. The van der Waals surface area contributed by atoms with Gasteiger partial charge >= 0.3 is 5.97 Å². The molecule has 1 N–H and O–H groups in total. The predicted octanol–water partition coefficient (Wildman–Crippen LogP) is 3.17. The number of hydrogen-bond donors (Lipinski definition) is 1. The molecule has 8 nitrogen and oxygen atoms in total. The standard InChI is InChI=1S/C20H15ClN2O6/c1-26-16-5-3-14(21)8-15(16)23-19(24)10-27-20(25)13(9-22)6-12-2-4-17-18(7-12)29-11-28-17/h2-8H,10-11H2,1H3,(H,23,24). The first-order valence-corrected chi connectivity index (χ1v) is 8.70. The summed E-state index contributed by atoms with van der Waals surface area (Å²) in [7, 11) is 1.44. The number of anilines is 1. The van der Waals surface area contributed by atoms with Gasteiger partial charge in [-0.2, -0.15) is 5.26 Å². The second-order valence-electron chi connectivity index (χ2n) is 5.75. The molecule has 2 aromatic carbocycles. The highest BCUT2D eigenvalue weighted by Gasteiger charge is 2.17. The molecule has 0 radical (unpaired) electrons. The van der Waals surface area contributed by atoms with Gasteiger partial charge < -0.3 is 24.3 Å². The third-order valence-corrected chi connectivity index (χ3v) is 4.05. The number of rotatable bonds is 6. The number of carbonyl (C=O) groups is 2. The second-order valence-corrected chi connectivity index (χ2v) is 6.19. The van der Waals surface area contributed by atoms with Crippen molar-refractivity contribution in [3.8, 4) is 23.3 Å². The number of fused-ring (bicyclic) bond motifs is 1. The first-order valence-electron chi connectivity index (χ1n) is 8.32. The van der Waals surface area contributed by atoms with E-state index in [4.69, 9.17) is 30.5 Å². The molecule has 2 aromatic rings. The average Bonchev–Trinajstić information content (AvgIpc) is 3.18. The van der Waals surface area contributed by atoms with E-state index in [1.54, 1.807) is 36.4 Å². The Morgan fingerprint density at radius 3 is 2.79 bits per heavy atom. The van der Waals surface area contributed by atoms with Gasteiger partial charge in [-0.1, -0.05) is 17.7 Å². The predicted molar refractivity (Wildman–Crippen MR) is 104 cm³/mol. The average molecular weight is 415 g/mol. The fourth-order valence-electron chi connectivity index (χ4n) is 2.48. The van der Waals surface area contributed by atoms with Crippen LogP contribution in [0.4, 0.5) is 5.69 Å². The van der Waals surface area contributed by atoms with Crippen LogP contribution in [-0.2, 0) is 14.3 Å². The lowest BCUT2D eigenvalue weighted by Crippen LogP contribution is -2.21. The van der Waals surface area contributed by atoms with Gasteiger partial charge in [0, 0.05) is 5.02 Å². The maximum absolute atomic E-state index is 12.2. The molecule has 9 heteroatoms. The van der Waals surface area contributed by atoms with Gasteiger partial charge in [-0.3, -0.25) is 4.79 Å². The van der Waals surface area contributed by atoms with E-state index in [1.807, 2.05) is 0 Å². The van der Waals surface area contributed by atoms with Crippen LogP contribution in [0.25, 0.3) is 6.08 Å². The number of nitrogens with one attached hydrogen (secondary N) is 1. The molecule has 0 saturated carbocycles. The summed E-state index contributed by atoms with van der Waals surface area (Å²) in [6, 6.07) is 11.4. The van der Waals surface area contributed by atoms with Crippen molar-refractivity contribution >= 4 is 35.2 Å². The minimum atomic E-state index is -0.932. The Labute approximate surface area is 171 Å². The van der Waals surface area contributed by atoms with Crippen LogP contribution in [0.5, 0.6) is 17.2 Å². The highest BCUT2D eigenvalue weighted by Crippen LogP contribution is 2.33. The van der Waals surface area contributed by atoms with Gasteiger partial charge in [0.2, 0.25) is 6.79 Å². The van der Waals surface area contributed by atoms with Crippen LogP contribution in [0, 0.1) is 11.3 Å². The van der Waals surface area contributed by atoms with Crippen molar-refractivity contribution < 1.29 is 28.5 Å². The molecular formula is C20H15ClN2O6. The van der Waals surface area contributed by atoms with Crippen LogP contribution in [0.15, 0.2) is 42.0 Å². The number of esters is 1. The third-order valence-electron chi connectivity index (χ3n) is 3.82. The zero-order chi connectivity index (χ0) is 20.8. The molecule has 0 fully saturated rings. The van der Waals surface area contributed by atoms with Gasteiger partial charge in [-0.05, 0) is 42.0 Å². The number of ether oxygens (including phenoxy) is 4. The highest BCUT2D eigenvalue weighted by molar-refractivity contribution is 6.31. The Balaban J connectivity index is 1.62. The van der Waals surface area contributed by atoms with Crippen molar-refractivity contribution in [3.05, 3.63) is 52.6 Å². The van der Waals surface area contributed by atoms with Gasteiger partial charge in [-0.15, -0.1) is 0 Å². The molecule has 148 valence electrons. The Kier molecular flexibility index (Phi) is 6.22. The van der Waals surface area contributed by atoms with Crippen molar-refractivity contribution in [2.24, 2.45) is 0 Å². The molecule has 3 rings (SSSR count). The van der Waals surface area contributed by atoms with E-state index in [0.717, 1.165) is 0 Å². The molecule has 0 spiro atoms. The smallest absolute Gasteiger partial charge is 0.349 e. The summed E-state index contributed by atoms with van der Waals surface area (Å²) < 4.78 is 20.5. The van der Waals surface area contributed by atoms with Crippen LogP contribution >= 0.6 is 11.6 Å². The van der Waals surface area contributed by atoms with E-state index in [2.05, 4.69) is 5.32 Å². The minimum absolute atomic E-state index is 0.113. The maximum atomic E-state index is 12.2. The molecule has 0 saturated heterocycles. The number of nitrogens with zero attached hydrogens (tertiary/aromatic N) is 1. The van der Waals surface area contributed by atoms with Gasteiger partial charge in [0.05, 0.1) is 12.8 Å². The van der Waals surface area contributed by atoms with E-state index < -0.39 is 18.5 Å². The Morgan fingerprint density at radius 2 is 2.03 bits per heavy atom. The van der Waals surface area contributed by atoms with Crippen molar-refractivity contribution in [3.63, 3.8) is 0 Å². The van der Waals surface area contributed by atoms with E-state index in [-0.39, 0.29) is 12.4 Å². The van der Waals surface area contributed by atoms with Crippen molar-refractivity contribution in [2.45, 2.75) is 0 Å². The first kappa shape index (κ1) is 20.0. The summed E-state index contributed by atoms with van der Waals surface area (Å²) in [5.74, 6) is -0.0530. The summed E-state index contributed by atoms with van der Waals surface area (Å²) in [4.78, 5) is 24.2. The molecule has 0 aliphatic carbocycles. The van der Waals surface area contributed by atoms with E-state index in [0.29, 0.717) is 33.5 Å². The SMILES string of the molecule is COc1ccc(Cl)cc1NC(=O)COC(=O)C(C#N)=Cc1ccc2c(c1)OCO2. The number of halogens is 1. The molecule has 0 unspecified atom stereocenters. The van der Waals surface area contributed by atoms with Gasteiger partial charge in [0.25, 0.3) is 5.91 Å². The van der Waals surface area contributed by atoms with Crippen LogP contribution in [0.1, 0.15) is 5.56 Å². The van der Waals surface area contributed by atoms with E-state index in [1.165, 1.54) is 19.3 Å². The first-order chi connectivity index (χ1) is 14.0. The van der Waals surface area contributed by atoms with Crippen LogP contribution in [0.3, 0.4) is 0 Å². The topological polar surface area (TPSA) is 107 Å². The quantitative estimate of drug-likeness (QED) is 0.439. The number of benzene rings is 2. The number of hydrogen-bond acceptors (Lipinski definition) is 7. The Morgan fingerprint density at radius 1 is 1.24 bits per heavy atom. The molecule has 1 amide bonds. The van der Waals surface area contributed by atoms with Crippen LogP contribution in [-0.4, -0.2) is 32.4 Å². The Bertz CT molecular complexity index is 1030. The summed E-state index contributed by atoms with van der Waals surface area (Å²) in [5, 5.41) is 12.2. The molecule has 29 heavy (non-hydrogen) atoms. The molecule has 1 aliphatic heterocycles. The number of carbonyl (C=O) groups excluding carboxylic acids is 2. The maximum Gasteiger partial charge on any atom is 0.349 e. The molecule has 0 atom stereocenters. The number of amides is 1. The molecule has 1 aliphatic rings. The Hall–Kier alpha value is -3.70.